The molecule has 5 amide bonds. The van der Waals surface area contributed by atoms with Crippen LogP contribution in [-0.4, -0.2) is 99.3 Å². The van der Waals surface area contributed by atoms with E-state index in [1.54, 1.807) is 9.80 Å². The lowest BCUT2D eigenvalue weighted by Gasteiger charge is -2.45. The minimum absolute atomic E-state index is 0.145. The van der Waals surface area contributed by atoms with Gasteiger partial charge in [0.1, 0.15) is 28.7 Å². The normalized spacial score (nSPS) is 22.4. The number of anilines is 2. The van der Waals surface area contributed by atoms with E-state index in [2.05, 4.69) is 10.2 Å². The van der Waals surface area contributed by atoms with Crippen molar-refractivity contribution < 1.29 is 46.3 Å². The van der Waals surface area contributed by atoms with E-state index in [9.17, 15) is 42.4 Å². The predicted octanol–water partition coefficient (Wildman–Crippen LogP) is 6.11. The van der Waals surface area contributed by atoms with E-state index in [4.69, 9.17) is 17.0 Å². The summed E-state index contributed by atoms with van der Waals surface area (Å²) < 4.78 is 63.9. The summed E-state index contributed by atoms with van der Waals surface area (Å²) >= 11 is 5.59. The lowest BCUT2D eigenvalue weighted by atomic mass is 9.82. The average Bonchev–Trinajstić information content (AvgIpc) is 3.66. The van der Waals surface area contributed by atoms with Crippen LogP contribution in [0.5, 0.6) is 5.75 Å². The Bertz CT molecular complexity index is 2560. The number of carbonyl (C=O) groups is 5. The number of rotatable bonds is 6. The number of alkyl halides is 3. The number of nitriles is 1. The second kappa shape index (κ2) is 15.9. The summed E-state index contributed by atoms with van der Waals surface area (Å²) in [5.74, 6) is -1.77. The second-order valence-electron chi connectivity index (χ2n) is 18.2. The van der Waals surface area contributed by atoms with Gasteiger partial charge in [0, 0.05) is 56.9 Å². The molecule has 0 saturated carbocycles. The molecule has 9 rings (SSSR count). The molecule has 0 aliphatic carbocycles. The van der Waals surface area contributed by atoms with Gasteiger partial charge in [-0.2, -0.15) is 18.4 Å². The number of hydrogen-bond donors (Lipinski definition) is 1. The van der Waals surface area contributed by atoms with Crippen LogP contribution in [-0.2, 0) is 33.5 Å². The largest absolute Gasteiger partial charge is 0.487 e. The number of imide groups is 1. The van der Waals surface area contributed by atoms with Gasteiger partial charge in [-0.05, 0) is 137 Å². The van der Waals surface area contributed by atoms with Crippen molar-refractivity contribution in [2.24, 2.45) is 5.92 Å². The van der Waals surface area contributed by atoms with Gasteiger partial charge in [0.15, 0.2) is 5.11 Å². The Balaban J connectivity index is 0.782. The molecule has 4 saturated heterocycles. The first kappa shape index (κ1) is 43.3. The van der Waals surface area contributed by atoms with Gasteiger partial charge in [-0.3, -0.25) is 34.2 Å². The summed E-state index contributed by atoms with van der Waals surface area (Å²) in [4.78, 5) is 72.7. The van der Waals surface area contributed by atoms with Gasteiger partial charge in [-0.1, -0.05) is 0 Å². The number of likely N-dealkylation sites (tertiary alicyclic amines) is 2. The van der Waals surface area contributed by atoms with E-state index < -0.39 is 52.4 Å². The molecular formula is C46H45F4N7O6S. The average molecular weight is 900 g/mol. The summed E-state index contributed by atoms with van der Waals surface area (Å²) in [5.41, 5.74) is -1.35. The van der Waals surface area contributed by atoms with Gasteiger partial charge >= 0.3 is 6.18 Å². The third kappa shape index (κ3) is 7.55. The molecular weight excluding hydrogens is 855 g/mol. The van der Waals surface area contributed by atoms with Gasteiger partial charge in [0.2, 0.25) is 11.8 Å². The van der Waals surface area contributed by atoms with Gasteiger partial charge in [0.25, 0.3) is 17.7 Å². The van der Waals surface area contributed by atoms with Crippen LogP contribution < -0.4 is 19.9 Å². The number of benzene rings is 3. The highest BCUT2D eigenvalue weighted by Crippen LogP contribution is 2.44. The van der Waals surface area contributed by atoms with Crippen LogP contribution in [0.2, 0.25) is 0 Å². The Morgan fingerprint density at radius 2 is 1.64 bits per heavy atom. The van der Waals surface area contributed by atoms with Gasteiger partial charge in [0.05, 0.1) is 28.4 Å². The summed E-state index contributed by atoms with van der Waals surface area (Å²) in [6.45, 7) is 6.79. The number of halogens is 4. The predicted molar refractivity (Wildman–Crippen MR) is 228 cm³/mol. The first-order chi connectivity index (χ1) is 30.4. The van der Waals surface area contributed by atoms with Crippen molar-refractivity contribution in [3.63, 3.8) is 0 Å². The van der Waals surface area contributed by atoms with Crippen LogP contribution in [0.15, 0.2) is 48.5 Å². The van der Waals surface area contributed by atoms with E-state index in [1.807, 2.05) is 12.1 Å². The third-order valence-corrected chi connectivity index (χ3v) is 14.2. The molecule has 3 aromatic rings. The highest BCUT2D eigenvalue weighted by Gasteiger charge is 2.51. The van der Waals surface area contributed by atoms with Crippen molar-refractivity contribution in [1.82, 2.24) is 20.0 Å². The van der Waals surface area contributed by atoms with E-state index >= 15 is 4.39 Å². The number of aryl methyl sites for hydroxylation is 1. The molecule has 0 aromatic heterocycles. The molecule has 3 aromatic carbocycles. The second-order valence-corrected chi connectivity index (χ2v) is 18.5. The number of thiocarbonyl (C=S) groups is 1. The maximum absolute atomic E-state index is 15.8. The molecule has 18 heteroatoms. The minimum atomic E-state index is -4.86. The van der Waals surface area contributed by atoms with E-state index in [0.717, 1.165) is 92.1 Å². The highest BCUT2D eigenvalue weighted by molar-refractivity contribution is 7.81. The lowest BCUT2D eigenvalue weighted by molar-refractivity contribution is -0.138. The number of piperidine rings is 3. The van der Waals surface area contributed by atoms with Crippen molar-refractivity contribution in [3.05, 3.63) is 87.7 Å². The molecule has 6 aliphatic heterocycles. The van der Waals surface area contributed by atoms with Crippen LogP contribution in [0, 0.1) is 23.1 Å². The van der Waals surface area contributed by atoms with Crippen LogP contribution in [0.4, 0.5) is 28.9 Å². The fraction of sp³-hybridized carbons (Fsp3) is 0.457. The summed E-state index contributed by atoms with van der Waals surface area (Å²) in [7, 11) is 0. The third-order valence-electron chi connectivity index (χ3n) is 13.9. The van der Waals surface area contributed by atoms with E-state index in [0.29, 0.717) is 43.6 Å². The highest BCUT2D eigenvalue weighted by atomic mass is 32.1. The van der Waals surface area contributed by atoms with Crippen molar-refractivity contribution >= 4 is 58.2 Å². The molecule has 13 nitrogen and oxygen atoms in total. The lowest BCUT2D eigenvalue weighted by Crippen LogP contribution is -2.52. The number of carbonyl (C=O) groups excluding carboxylic acids is 5. The molecule has 0 radical (unpaired) electrons. The minimum Gasteiger partial charge on any atom is -0.487 e. The Hall–Kier alpha value is -5.93. The summed E-state index contributed by atoms with van der Waals surface area (Å²) in [5, 5.41) is 11.4. The van der Waals surface area contributed by atoms with Gasteiger partial charge < -0.3 is 24.3 Å². The maximum Gasteiger partial charge on any atom is 0.417 e. The van der Waals surface area contributed by atoms with Crippen molar-refractivity contribution in [3.8, 4) is 11.8 Å². The maximum atomic E-state index is 15.8. The fourth-order valence-corrected chi connectivity index (χ4v) is 10.7. The molecule has 334 valence electrons. The van der Waals surface area contributed by atoms with Crippen LogP contribution in [0.25, 0.3) is 0 Å². The zero-order valence-electron chi connectivity index (χ0n) is 35.2. The molecule has 1 N–H and O–H groups in total. The number of nitrogens with zero attached hydrogens (tertiary/aromatic N) is 6. The Morgan fingerprint density at radius 1 is 0.922 bits per heavy atom. The zero-order valence-corrected chi connectivity index (χ0v) is 36.0. The number of nitrogens with one attached hydrogen (secondary N) is 1. The summed E-state index contributed by atoms with van der Waals surface area (Å²) in [6.07, 6.45) is 0.441. The molecule has 6 aliphatic rings. The Labute approximate surface area is 371 Å². The quantitative estimate of drug-likeness (QED) is 0.175. The van der Waals surface area contributed by atoms with E-state index in [-0.39, 0.29) is 45.9 Å². The number of amides is 5. The monoisotopic (exact) mass is 899 g/mol. The Morgan fingerprint density at radius 3 is 2.31 bits per heavy atom. The number of fused-ring (bicyclic) bond motifs is 2. The first-order valence-corrected chi connectivity index (χ1v) is 21.9. The molecule has 1 atom stereocenters. The smallest absolute Gasteiger partial charge is 0.417 e. The summed E-state index contributed by atoms with van der Waals surface area (Å²) in [6, 6.07) is 11.5. The molecule has 6 heterocycles. The first-order valence-electron chi connectivity index (χ1n) is 21.5. The van der Waals surface area contributed by atoms with Gasteiger partial charge in [-0.15, -0.1) is 0 Å². The van der Waals surface area contributed by atoms with Crippen molar-refractivity contribution in [2.75, 3.05) is 42.5 Å². The van der Waals surface area contributed by atoms with E-state index in [1.165, 1.54) is 43.0 Å². The Kier molecular flexibility index (Phi) is 10.8. The van der Waals surface area contributed by atoms with Crippen molar-refractivity contribution in [2.45, 2.75) is 95.1 Å². The van der Waals surface area contributed by atoms with Crippen LogP contribution in [0.3, 0.4) is 0 Å². The number of hydrogen-bond acceptors (Lipinski definition) is 9. The van der Waals surface area contributed by atoms with Gasteiger partial charge in [-0.25, -0.2) is 4.39 Å². The molecule has 64 heavy (non-hydrogen) atoms. The zero-order chi connectivity index (χ0) is 45.5. The molecule has 1 spiro atoms. The van der Waals surface area contributed by atoms with Crippen LogP contribution >= 0.6 is 12.2 Å². The number of ether oxygens (including phenoxy) is 1. The topological polar surface area (TPSA) is 147 Å². The SMILES string of the molecule is CC1(C)C(=O)N(c2ccc(C#N)c(C(F)(F)F)c2)C(=S)N1c1ccc(C(=O)N2CCC(CN3CCC4(CCc5cc6c(cc5O4)CN(C4CCC(=O)NC4=O)C6=O)CC3)CC2)c(F)c1. The molecule has 1 unspecified atom stereocenters. The molecule has 4 fully saturated rings. The van der Waals surface area contributed by atoms with Crippen molar-refractivity contribution in [1.29, 1.82) is 5.26 Å². The molecule has 0 bridgehead atoms. The standard InChI is InChI=1S/C46H45F4N7O6S/c1-44(2)42(62)56(30-4-3-28(23-51)34(21-30)46(48,49)50)43(64)57(44)31-5-6-32(35(47)22-31)40(60)54-15-10-26(11-16-54)24-53-17-13-45(14-18-53)12-9-27-19-33-29(20-37(27)63-45)25-55(41(33)61)36-7-8-38(58)52-39(36)59/h3-6,19-22,26,36H,7-18,24-25H2,1-2H3,(H,52,58,59). The van der Waals surface area contributed by atoms with Crippen LogP contribution in [0.1, 0.15) is 102 Å². The fourth-order valence-electron chi connectivity index (χ4n) is 10.2.